The highest BCUT2D eigenvalue weighted by atomic mass is 35.5. The molecule has 1 aromatic heterocycles. The third-order valence-electron chi connectivity index (χ3n) is 23.6. The molecule has 4 aliphatic rings. The van der Waals surface area contributed by atoms with Gasteiger partial charge < -0.3 is 113 Å². The molecule has 0 unspecified atom stereocenters. The number of unbranched alkanes of at least 4 members (excludes halogenated alkanes) is 1. The number of aromatic hydroxyl groups is 1. The number of hydrogen-bond donors (Lipinski definition) is 16. The quantitative estimate of drug-likeness (QED) is 0.0112. The lowest BCUT2D eigenvalue weighted by Crippen LogP contribution is -2.63. The minimum atomic E-state index is -1.97. The number of epoxide rings is 1. The largest absolute Gasteiger partial charge is 0.508 e. The number of ether oxygens (including phenoxy) is 5. The van der Waals surface area contributed by atoms with Crippen LogP contribution in [0.5, 0.6) is 11.5 Å². The molecule has 5 aromatic carbocycles. The standard InChI is InChI=1S/C92H118ClN15O21S4/c1-50-23-22-31-71(126-11)92(124)46-70(127-89(123)106-92)51(2)78-91(7,129-78)72(45-74(112)108(9)68-42-56(39-50)43-69(125-10)75(68)93)128-87(121)52(3)107(8)73(111)36-38-130-133-90(5,6)77(79(95)113)105-85(119)67-49-132-131-48-66(101-82(116)64(40-54-24-14-12-15-25-54)103-88(122)97-58-26-16-13-17-27-58)84(118)99-63(41-55-32-34-59(110)35-33-55)81(115)100-65(44-57-47-96-61-29-19-18-28-60(57)61)83(117)98-62(30-20-21-37-94)80(114)104-76(53(4)109)86(120)102-67/h12-19,22-29,31-35,42-43,47,51-53,62-67,70-72,76-78,96,109-110,124H,20-21,30,36-41,44-46,48-49,94H2,1-11H3,(H2,95,113)(H,98,117)(H,99,118)(H,100,115)(H,101,116)(H,102,120)(H,104,114)(H,105,119)(H,106,123)(H2,97,103,122)/b31-22+,50-23+/t51-,52+,53-,62+,63+,64-,65-,66+,67+,70+,71-,72+,76+,77-,78+,91+,92+/m1/s1. The Morgan fingerprint density at radius 2 is 1.47 bits per heavy atom. The van der Waals surface area contributed by atoms with Crippen LogP contribution in [0.25, 0.3) is 10.9 Å². The second kappa shape index (κ2) is 47.7. The molecule has 3 saturated heterocycles. The highest BCUT2D eigenvalue weighted by Crippen LogP contribution is 2.50. The molecule has 13 amide bonds. The zero-order chi connectivity index (χ0) is 96.8. The molecule has 3 fully saturated rings. The van der Waals surface area contributed by atoms with Crippen molar-refractivity contribution in [2.45, 2.75) is 214 Å². The number of carbonyl (C=O) groups excluding carboxylic acids is 13. The lowest BCUT2D eigenvalue weighted by Gasteiger charge is -2.42. The second-order valence-corrected chi connectivity index (χ2v) is 40.0. The number of anilines is 2. The number of fused-ring (bicyclic) bond motifs is 6. The van der Waals surface area contributed by atoms with Gasteiger partial charge in [0.1, 0.15) is 94.8 Å². The first-order valence-corrected chi connectivity index (χ1v) is 48.6. The number of aromatic amines is 1. The maximum absolute atomic E-state index is 15.4. The zero-order valence-electron chi connectivity index (χ0n) is 75.7. The van der Waals surface area contributed by atoms with Gasteiger partial charge in [0.15, 0.2) is 5.72 Å². The molecule has 0 radical (unpaired) electrons. The molecular weight excluding hydrogens is 1810 g/mol. The fourth-order valence-corrected chi connectivity index (χ4v) is 20.9. The summed E-state index contributed by atoms with van der Waals surface area (Å²) in [6, 6.07) is 18.6. The summed E-state index contributed by atoms with van der Waals surface area (Å²) >= 11 is 6.92. The Morgan fingerprint density at radius 1 is 0.812 bits per heavy atom. The lowest BCUT2D eigenvalue weighted by molar-refractivity contribution is -0.162. The van der Waals surface area contributed by atoms with Crippen molar-refractivity contribution in [3.8, 4) is 11.5 Å². The second-order valence-electron chi connectivity index (χ2n) is 34.0. The molecule has 17 atom stereocenters. The number of esters is 1. The van der Waals surface area contributed by atoms with Crippen molar-refractivity contribution in [1.82, 2.24) is 57.7 Å². The van der Waals surface area contributed by atoms with E-state index in [-0.39, 0.29) is 85.2 Å². The van der Waals surface area contributed by atoms with Crippen LogP contribution in [0.2, 0.25) is 5.02 Å². The molecule has 0 saturated carbocycles. The predicted octanol–water partition coefficient (Wildman–Crippen LogP) is 5.95. The van der Waals surface area contributed by atoms with Crippen LogP contribution in [0.1, 0.15) is 109 Å². The number of amides is 13. The average Bonchev–Trinajstić information content (AvgIpc) is 1.57. The number of benzene rings is 5. The Labute approximate surface area is 791 Å². The van der Waals surface area contributed by atoms with E-state index in [0.29, 0.717) is 51.7 Å². The van der Waals surface area contributed by atoms with Crippen molar-refractivity contribution in [3.63, 3.8) is 0 Å². The Morgan fingerprint density at radius 3 is 2.14 bits per heavy atom. The first-order valence-electron chi connectivity index (χ1n) is 43.4. The van der Waals surface area contributed by atoms with E-state index in [1.165, 1.54) is 71.3 Å². The number of likely N-dealkylation sites (N-methyl/N-ethyl adjacent to an activating group) is 1. The van der Waals surface area contributed by atoms with Crippen molar-refractivity contribution in [3.05, 3.63) is 179 Å². The number of rotatable bonds is 29. The summed E-state index contributed by atoms with van der Waals surface area (Å²) in [5.41, 5.74) is 13.2. The van der Waals surface area contributed by atoms with Gasteiger partial charge in [-0.3, -0.25) is 53.3 Å². The summed E-state index contributed by atoms with van der Waals surface area (Å²) in [5, 5.41) is 61.7. The third-order valence-corrected chi connectivity index (χ3v) is 29.7. The summed E-state index contributed by atoms with van der Waals surface area (Å²) in [4.78, 5) is 196. The number of allylic oxidation sites excluding steroid dienone is 3. The van der Waals surface area contributed by atoms with Gasteiger partial charge in [0, 0.05) is 104 Å². The molecule has 718 valence electrons. The van der Waals surface area contributed by atoms with Crippen LogP contribution in [0.3, 0.4) is 0 Å². The Balaban J connectivity index is 0.890. The van der Waals surface area contributed by atoms with Crippen molar-refractivity contribution >= 4 is 154 Å². The van der Waals surface area contributed by atoms with E-state index in [1.807, 2.05) is 13.0 Å². The van der Waals surface area contributed by atoms with Gasteiger partial charge in [-0.1, -0.05) is 164 Å². The Kier molecular flexibility index (Phi) is 37.3. The van der Waals surface area contributed by atoms with Crippen molar-refractivity contribution in [2.75, 3.05) is 62.3 Å². The lowest BCUT2D eigenvalue weighted by atomic mass is 9.83. The van der Waals surface area contributed by atoms with Gasteiger partial charge in [0.25, 0.3) is 0 Å². The van der Waals surface area contributed by atoms with E-state index in [2.05, 4.69) is 58.2 Å². The van der Waals surface area contributed by atoms with Crippen molar-refractivity contribution in [2.24, 2.45) is 17.4 Å². The van der Waals surface area contributed by atoms with E-state index in [1.54, 1.807) is 143 Å². The number of phenolic OH excluding ortho intramolecular Hbond substituents is 1. The number of aliphatic hydroxyl groups excluding tert-OH is 1. The Hall–Kier alpha value is -11.1. The SMILES string of the molecule is COc1cc2cc(c1Cl)N(C)C(=O)C[C@H](OC(=O)[C@H](C)N(C)C(=O)CCSSC(C)(C)[C@H](NC(=O)[C@@H]1CSSC[C@H](NC(=O)[C@@H](Cc3ccccc3)NC(=O)Nc3ccccc3)C(=O)N[C@@H](Cc3ccc(O)cc3)C(=O)N[C@H](Cc3c[nH]c4ccccc34)C(=O)N[C@@H](CCCCN)C(=O)N[C@@H]([C@@H](C)O)C(=O)N1)C(N)=O)[C@]1(C)O[C@H]1[C@H](C)[C@@H]1C[C@@](O)(NC(=O)O1)[C@H](OC)/C=C/C=C(\C)C2. The maximum atomic E-state index is 15.4. The molecule has 4 bridgehead atoms. The number of carbonyl (C=O) groups is 13. The van der Waals surface area contributed by atoms with Crippen LogP contribution in [-0.2, 0) is 97.4 Å². The first kappa shape index (κ1) is 104. The monoisotopic (exact) mass is 1930 g/mol. The fourth-order valence-electron chi connectivity index (χ4n) is 15.7. The molecule has 36 nitrogen and oxygen atoms in total. The van der Waals surface area contributed by atoms with Gasteiger partial charge in [-0.15, -0.1) is 0 Å². The molecule has 41 heteroatoms. The van der Waals surface area contributed by atoms with Gasteiger partial charge in [-0.25, -0.2) is 14.4 Å². The number of aromatic nitrogens is 1. The third kappa shape index (κ3) is 28.3. The summed E-state index contributed by atoms with van der Waals surface area (Å²) in [6.45, 7) is 11.2. The molecule has 133 heavy (non-hydrogen) atoms. The molecule has 4 aliphatic heterocycles. The van der Waals surface area contributed by atoms with Gasteiger partial charge in [-0.05, 0) is 138 Å². The molecule has 0 aliphatic carbocycles. The number of H-pyrrole nitrogens is 1. The highest BCUT2D eigenvalue weighted by molar-refractivity contribution is 8.77. The number of nitrogens with one attached hydrogen (secondary N) is 11. The number of hydrogen-bond acceptors (Lipinski definition) is 26. The van der Waals surface area contributed by atoms with E-state index in [0.717, 1.165) is 53.6 Å². The van der Waals surface area contributed by atoms with E-state index in [4.69, 9.17) is 46.8 Å². The van der Waals surface area contributed by atoms with Crippen LogP contribution in [0, 0.1) is 5.92 Å². The van der Waals surface area contributed by atoms with Crippen LogP contribution < -0.4 is 74.3 Å². The number of alkyl carbamates (subject to hydrolysis) is 1. The van der Waals surface area contributed by atoms with Crippen molar-refractivity contribution < 1.29 is 101 Å². The van der Waals surface area contributed by atoms with Gasteiger partial charge in [0.2, 0.25) is 59.1 Å². The molecule has 10 rings (SSSR count). The Bertz CT molecular complexity index is 5220. The summed E-state index contributed by atoms with van der Waals surface area (Å²) < 4.78 is 28.4. The first-order chi connectivity index (χ1) is 63.2. The normalized spacial score (nSPS) is 25.3. The number of primary amides is 1. The predicted molar refractivity (Wildman–Crippen MR) is 508 cm³/mol. The van der Waals surface area contributed by atoms with Crippen LogP contribution in [-0.4, -0.2) is 255 Å². The zero-order valence-corrected chi connectivity index (χ0v) is 79.7. The molecule has 5 heterocycles. The number of methoxy groups -OCH3 is 2. The number of phenols is 1. The fraction of sp³-hybridized carbons (Fsp3) is 0.467. The highest BCUT2D eigenvalue weighted by Gasteiger charge is 2.65. The number of nitrogens with two attached hydrogens (primary N) is 2. The van der Waals surface area contributed by atoms with Crippen LogP contribution in [0.4, 0.5) is 21.0 Å². The molecular formula is C92H118ClN15O21S4. The topological polar surface area (TPSA) is 527 Å². The minimum Gasteiger partial charge on any atom is -0.508 e. The number of para-hydroxylation sites is 2. The summed E-state index contributed by atoms with van der Waals surface area (Å²) in [7, 11) is 9.63. The summed E-state index contributed by atoms with van der Waals surface area (Å²) in [5.74, 6) is -11.2. The van der Waals surface area contributed by atoms with E-state index >= 15 is 24.0 Å². The van der Waals surface area contributed by atoms with E-state index in [9.17, 15) is 53.7 Å². The van der Waals surface area contributed by atoms with Crippen molar-refractivity contribution in [1.29, 1.82) is 0 Å². The molecule has 18 N–H and O–H groups in total. The van der Waals surface area contributed by atoms with Gasteiger partial charge in [-0.2, -0.15) is 0 Å². The molecule has 6 aromatic rings. The molecule has 0 spiro atoms. The minimum absolute atomic E-state index is 0.0251. The van der Waals surface area contributed by atoms with Crippen LogP contribution >= 0.6 is 54.8 Å². The number of halogens is 1. The number of aliphatic hydroxyl groups is 2. The van der Waals surface area contributed by atoms with Gasteiger partial charge >= 0.3 is 18.1 Å². The number of nitrogens with zero attached hydrogens (tertiary/aromatic N) is 2. The average molecular weight is 1930 g/mol. The smallest absolute Gasteiger partial charge is 0.409 e. The van der Waals surface area contributed by atoms with Gasteiger partial charge in [0.05, 0.1) is 31.4 Å². The summed E-state index contributed by atoms with van der Waals surface area (Å²) in [6.07, 6.45) is -0.778. The van der Waals surface area contributed by atoms with Crippen LogP contribution in [0.15, 0.2) is 151 Å². The maximum Gasteiger partial charge on any atom is 0.409 e. The van der Waals surface area contributed by atoms with E-state index < -0.39 is 196 Å². The number of urea groups is 1.